The van der Waals surface area contributed by atoms with Gasteiger partial charge in [-0.2, -0.15) is 0 Å². The Morgan fingerprint density at radius 2 is 1.80 bits per heavy atom. The number of hydrogen-bond acceptors (Lipinski definition) is 4. The monoisotopic (exact) mass is 342 g/mol. The Kier molecular flexibility index (Phi) is 4.85. The smallest absolute Gasteiger partial charge is 0.228 e. The van der Waals surface area contributed by atoms with Crippen molar-refractivity contribution in [3.05, 3.63) is 23.7 Å². The van der Waals surface area contributed by atoms with Crippen LogP contribution in [0, 0.1) is 18.3 Å². The molecule has 0 unspecified atom stereocenters. The van der Waals surface area contributed by atoms with Crippen LogP contribution in [0.3, 0.4) is 0 Å². The van der Waals surface area contributed by atoms with Crippen LogP contribution in [0.5, 0.6) is 0 Å². The summed E-state index contributed by atoms with van der Waals surface area (Å²) in [5.74, 6) is 1.94. The van der Waals surface area contributed by atoms with Crippen LogP contribution in [0.4, 0.5) is 5.82 Å². The van der Waals surface area contributed by atoms with E-state index in [0.717, 1.165) is 37.7 Å². The number of allylic oxidation sites excluding steroid dienone is 2. The minimum absolute atomic E-state index is 0.235. The van der Waals surface area contributed by atoms with E-state index in [9.17, 15) is 4.79 Å². The number of nitrogens with zero attached hydrogens (tertiary/aromatic N) is 4. The fourth-order valence-electron chi connectivity index (χ4n) is 3.61. The average Bonchev–Trinajstić information content (AvgIpc) is 3.40. The molecular formula is C20H30N4O. The van der Waals surface area contributed by atoms with E-state index in [1.807, 2.05) is 25.7 Å². The first-order valence-corrected chi connectivity index (χ1v) is 9.35. The van der Waals surface area contributed by atoms with E-state index in [-0.39, 0.29) is 11.3 Å². The molecule has 0 bridgehead atoms. The van der Waals surface area contributed by atoms with E-state index >= 15 is 0 Å². The zero-order valence-corrected chi connectivity index (χ0v) is 16.2. The lowest BCUT2D eigenvalue weighted by molar-refractivity contribution is -0.139. The Morgan fingerprint density at radius 3 is 2.32 bits per heavy atom. The highest BCUT2D eigenvalue weighted by molar-refractivity contribution is 5.82. The van der Waals surface area contributed by atoms with Gasteiger partial charge in [0, 0.05) is 37.2 Å². The third kappa shape index (κ3) is 3.70. The summed E-state index contributed by atoms with van der Waals surface area (Å²) in [7, 11) is 0. The Hall–Kier alpha value is -1.91. The summed E-state index contributed by atoms with van der Waals surface area (Å²) in [6.45, 7) is 13.3. The van der Waals surface area contributed by atoms with Gasteiger partial charge in [0.15, 0.2) is 0 Å². The minimum atomic E-state index is -0.317. The van der Waals surface area contributed by atoms with Crippen LogP contribution in [-0.2, 0) is 4.79 Å². The van der Waals surface area contributed by atoms with Crippen molar-refractivity contribution in [3.63, 3.8) is 0 Å². The lowest BCUT2D eigenvalue weighted by Crippen LogP contribution is -2.52. The number of rotatable bonds is 3. The summed E-state index contributed by atoms with van der Waals surface area (Å²) in [6, 6.07) is 0. The van der Waals surface area contributed by atoms with Gasteiger partial charge in [-0.3, -0.25) is 4.79 Å². The van der Waals surface area contributed by atoms with E-state index in [2.05, 4.69) is 34.8 Å². The highest BCUT2D eigenvalue weighted by Crippen LogP contribution is 2.44. The molecule has 0 aromatic carbocycles. The number of aryl methyl sites for hydroxylation is 1. The molecule has 0 spiro atoms. The highest BCUT2D eigenvalue weighted by Gasteiger charge is 2.33. The van der Waals surface area contributed by atoms with Gasteiger partial charge in [-0.1, -0.05) is 26.8 Å². The highest BCUT2D eigenvalue weighted by atomic mass is 16.2. The summed E-state index contributed by atoms with van der Waals surface area (Å²) >= 11 is 0. The molecule has 1 saturated carbocycles. The van der Waals surface area contributed by atoms with Gasteiger partial charge in [0.25, 0.3) is 0 Å². The Bertz CT molecular complexity index is 677. The van der Waals surface area contributed by atoms with Gasteiger partial charge in [-0.25, -0.2) is 9.97 Å². The molecule has 5 heteroatoms. The lowest BCUT2D eigenvalue weighted by Gasteiger charge is -2.39. The number of anilines is 1. The fraction of sp³-hybridized carbons (Fsp3) is 0.650. The summed E-state index contributed by atoms with van der Waals surface area (Å²) in [6.07, 6.45) is 6.43. The van der Waals surface area contributed by atoms with Crippen molar-refractivity contribution in [2.24, 2.45) is 11.3 Å². The standard InChI is InChI=1S/C20H30N4O/c1-6-16(15-7-8-15)17-14(2)21-13-22-18(17)23-9-11-24(12-10-23)19(25)20(3,4)5/h6,13,15H,7-12H2,1-5H3/b16-6-. The zero-order chi connectivity index (χ0) is 18.2. The van der Waals surface area contributed by atoms with Crippen LogP contribution in [0.25, 0.3) is 5.57 Å². The van der Waals surface area contributed by atoms with Crippen molar-refractivity contribution in [3.8, 4) is 0 Å². The first kappa shape index (κ1) is 17.9. The maximum absolute atomic E-state index is 12.5. The molecule has 136 valence electrons. The van der Waals surface area contributed by atoms with Crippen LogP contribution in [-0.4, -0.2) is 47.0 Å². The third-order valence-electron chi connectivity index (χ3n) is 5.14. The minimum Gasteiger partial charge on any atom is -0.352 e. The van der Waals surface area contributed by atoms with E-state index in [0.29, 0.717) is 5.92 Å². The second-order valence-electron chi connectivity index (χ2n) is 8.21. The number of piperazine rings is 1. The van der Waals surface area contributed by atoms with Crippen molar-refractivity contribution in [2.45, 2.75) is 47.5 Å². The lowest BCUT2D eigenvalue weighted by atomic mass is 9.94. The van der Waals surface area contributed by atoms with E-state index in [4.69, 9.17) is 0 Å². The molecule has 1 aliphatic carbocycles. The topological polar surface area (TPSA) is 49.3 Å². The molecule has 1 aliphatic heterocycles. The van der Waals surface area contributed by atoms with Crippen molar-refractivity contribution in [1.82, 2.24) is 14.9 Å². The SMILES string of the molecule is C/C=C(\c1c(C)ncnc1N1CCN(C(=O)C(C)(C)C)CC1)C1CC1. The van der Waals surface area contributed by atoms with E-state index in [1.165, 1.54) is 24.0 Å². The molecule has 0 N–H and O–H groups in total. The number of amides is 1. The van der Waals surface area contributed by atoms with Crippen LogP contribution in [0.1, 0.15) is 51.8 Å². The number of hydrogen-bond donors (Lipinski definition) is 0. The van der Waals surface area contributed by atoms with Gasteiger partial charge in [-0.05, 0) is 38.2 Å². The molecule has 1 saturated heterocycles. The van der Waals surface area contributed by atoms with Crippen molar-refractivity contribution >= 4 is 17.3 Å². The predicted molar refractivity (Wildman–Crippen MR) is 101 cm³/mol. The maximum Gasteiger partial charge on any atom is 0.228 e. The van der Waals surface area contributed by atoms with Gasteiger partial charge < -0.3 is 9.80 Å². The summed E-state index contributed by atoms with van der Waals surface area (Å²) < 4.78 is 0. The van der Waals surface area contributed by atoms with Crippen molar-refractivity contribution < 1.29 is 4.79 Å². The molecule has 2 heterocycles. The Labute approximate surface area is 151 Å². The molecule has 2 fully saturated rings. The number of aromatic nitrogens is 2. The summed E-state index contributed by atoms with van der Waals surface area (Å²) in [5, 5.41) is 0. The third-order valence-corrected chi connectivity index (χ3v) is 5.14. The first-order valence-electron chi connectivity index (χ1n) is 9.35. The molecule has 1 aromatic heterocycles. The van der Waals surface area contributed by atoms with Crippen LogP contribution in [0.15, 0.2) is 12.4 Å². The van der Waals surface area contributed by atoms with Gasteiger partial charge in [0.1, 0.15) is 12.1 Å². The first-order chi connectivity index (χ1) is 11.8. The Morgan fingerprint density at radius 1 is 1.16 bits per heavy atom. The molecule has 1 amide bonds. The van der Waals surface area contributed by atoms with Gasteiger partial charge >= 0.3 is 0 Å². The second-order valence-corrected chi connectivity index (χ2v) is 8.21. The van der Waals surface area contributed by atoms with Crippen LogP contribution >= 0.6 is 0 Å². The average molecular weight is 342 g/mol. The zero-order valence-electron chi connectivity index (χ0n) is 16.2. The normalized spacial score (nSPS) is 19.3. The van der Waals surface area contributed by atoms with E-state index < -0.39 is 0 Å². The Balaban J connectivity index is 1.80. The maximum atomic E-state index is 12.5. The van der Waals surface area contributed by atoms with Gasteiger partial charge in [0.05, 0.1) is 5.69 Å². The van der Waals surface area contributed by atoms with Gasteiger partial charge in [-0.15, -0.1) is 0 Å². The molecular weight excluding hydrogens is 312 g/mol. The second kappa shape index (κ2) is 6.77. The molecule has 5 nitrogen and oxygen atoms in total. The molecule has 0 atom stereocenters. The fourth-order valence-corrected chi connectivity index (χ4v) is 3.61. The van der Waals surface area contributed by atoms with Crippen molar-refractivity contribution in [2.75, 3.05) is 31.1 Å². The number of carbonyl (C=O) groups excluding carboxylic acids is 1. The van der Waals surface area contributed by atoms with E-state index in [1.54, 1.807) is 6.33 Å². The summed E-state index contributed by atoms with van der Waals surface area (Å²) in [4.78, 5) is 25.9. The summed E-state index contributed by atoms with van der Waals surface area (Å²) in [5.41, 5.74) is 3.34. The molecule has 1 aromatic rings. The molecule has 3 rings (SSSR count). The molecule has 0 radical (unpaired) electrons. The number of carbonyl (C=O) groups is 1. The van der Waals surface area contributed by atoms with Crippen molar-refractivity contribution in [1.29, 1.82) is 0 Å². The van der Waals surface area contributed by atoms with Gasteiger partial charge in [0.2, 0.25) is 5.91 Å². The molecule has 2 aliphatic rings. The molecule has 25 heavy (non-hydrogen) atoms. The van der Waals surface area contributed by atoms with Crippen LogP contribution < -0.4 is 4.90 Å². The van der Waals surface area contributed by atoms with Crippen LogP contribution in [0.2, 0.25) is 0 Å². The quantitative estimate of drug-likeness (QED) is 0.846. The predicted octanol–water partition coefficient (Wildman–Crippen LogP) is 3.29. The largest absolute Gasteiger partial charge is 0.352 e.